The van der Waals surface area contributed by atoms with Crippen LogP contribution in [0.3, 0.4) is 0 Å². The Labute approximate surface area is 148 Å². The van der Waals surface area contributed by atoms with Crippen LogP contribution < -0.4 is 5.32 Å². The summed E-state index contributed by atoms with van der Waals surface area (Å²) in [7, 11) is 0. The average molecular weight is 350 g/mol. The summed E-state index contributed by atoms with van der Waals surface area (Å²) in [6.07, 6.45) is 3.78. The van der Waals surface area contributed by atoms with Gasteiger partial charge in [0.05, 0.1) is 16.8 Å². The van der Waals surface area contributed by atoms with Gasteiger partial charge in [0.1, 0.15) is 0 Å². The van der Waals surface area contributed by atoms with Crippen molar-refractivity contribution < 1.29 is 14.7 Å². The molecule has 5 nitrogen and oxygen atoms in total. The third-order valence-electron chi connectivity index (χ3n) is 3.39. The zero-order valence-electron chi connectivity index (χ0n) is 13.0. The molecule has 0 saturated carbocycles. The zero-order valence-corrected chi connectivity index (χ0v) is 13.9. The van der Waals surface area contributed by atoms with Crippen LogP contribution in [0.15, 0.2) is 60.0 Å². The molecule has 0 aliphatic heterocycles. The number of anilines is 1. The molecule has 3 aromatic rings. The highest BCUT2D eigenvalue weighted by Gasteiger charge is 2.16. The average Bonchev–Trinajstić information content (AvgIpc) is 3.08. The number of aromatic carboxylic acids is 1. The minimum absolute atomic E-state index is 0.0410. The second kappa shape index (κ2) is 7.55. The van der Waals surface area contributed by atoms with Crippen LogP contribution in [0, 0.1) is 0 Å². The van der Waals surface area contributed by atoms with Crippen molar-refractivity contribution in [1.29, 1.82) is 0 Å². The van der Waals surface area contributed by atoms with Crippen LogP contribution in [0.25, 0.3) is 12.2 Å². The first kappa shape index (κ1) is 16.6. The molecular weight excluding hydrogens is 336 g/mol. The topological polar surface area (TPSA) is 79.3 Å². The number of aromatic nitrogens is 1. The van der Waals surface area contributed by atoms with E-state index in [1.807, 2.05) is 47.9 Å². The maximum absolute atomic E-state index is 12.3. The van der Waals surface area contributed by atoms with E-state index >= 15 is 0 Å². The van der Waals surface area contributed by atoms with Crippen LogP contribution in [0.5, 0.6) is 0 Å². The van der Waals surface area contributed by atoms with E-state index in [0.717, 1.165) is 11.3 Å². The standard InChI is InChI=1S/C19H14N2O3S/c22-17(15-8-4-5-9-16(15)18(23)24)21-19-20-14(12-25-19)11-10-13-6-2-1-3-7-13/h1-12H,(H,23,24)(H,20,21,22). The molecule has 1 aromatic heterocycles. The molecule has 0 fully saturated rings. The molecule has 0 radical (unpaired) electrons. The van der Waals surface area contributed by atoms with Gasteiger partial charge in [-0.15, -0.1) is 11.3 Å². The van der Waals surface area contributed by atoms with E-state index in [2.05, 4.69) is 10.3 Å². The second-order valence-electron chi connectivity index (χ2n) is 5.13. The Bertz CT molecular complexity index is 933. The molecule has 6 heteroatoms. The molecule has 0 saturated heterocycles. The first-order valence-electron chi connectivity index (χ1n) is 7.46. The first-order chi connectivity index (χ1) is 12.1. The molecule has 0 spiro atoms. The molecule has 0 atom stereocenters. The van der Waals surface area contributed by atoms with Gasteiger partial charge in [0.15, 0.2) is 5.13 Å². The number of carboxylic acids is 1. The molecule has 124 valence electrons. The van der Waals surface area contributed by atoms with Crippen molar-refractivity contribution in [2.45, 2.75) is 0 Å². The van der Waals surface area contributed by atoms with Crippen molar-refractivity contribution in [3.05, 3.63) is 82.4 Å². The Kier molecular flexibility index (Phi) is 5.01. The summed E-state index contributed by atoms with van der Waals surface area (Å²) in [6, 6.07) is 15.9. The first-order valence-corrected chi connectivity index (χ1v) is 8.34. The number of amides is 1. The van der Waals surface area contributed by atoms with Crippen molar-refractivity contribution in [3.63, 3.8) is 0 Å². The Balaban J connectivity index is 1.72. The Hall–Kier alpha value is -3.25. The van der Waals surface area contributed by atoms with Crippen LogP contribution in [-0.4, -0.2) is 22.0 Å². The van der Waals surface area contributed by atoms with Gasteiger partial charge in [-0.05, 0) is 23.8 Å². The second-order valence-corrected chi connectivity index (χ2v) is 5.98. The number of hydrogen-bond donors (Lipinski definition) is 2. The van der Waals surface area contributed by atoms with E-state index in [1.165, 1.54) is 23.5 Å². The number of hydrogen-bond acceptors (Lipinski definition) is 4. The van der Waals surface area contributed by atoms with E-state index in [9.17, 15) is 9.59 Å². The molecule has 0 unspecified atom stereocenters. The van der Waals surface area contributed by atoms with Gasteiger partial charge < -0.3 is 5.11 Å². The van der Waals surface area contributed by atoms with Gasteiger partial charge in [-0.25, -0.2) is 9.78 Å². The van der Waals surface area contributed by atoms with E-state index in [0.29, 0.717) is 5.13 Å². The lowest BCUT2D eigenvalue weighted by molar-refractivity contribution is 0.0692. The van der Waals surface area contributed by atoms with Gasteiger partial charge in [-0.3, -0.25) is 10.1 Å². The van der Waals surface area contributed by atoms with E-state index in [-0.39, 0.29) is 11.1 Å². The molecule has 25 heavy (non-hydrogen) atoms. The quantitative estimate of drug-likeness (QED) is 0.720. The minimum Gasteiger partial charge on any atom is -0.478 e. The van der Waals surface area contributed by atoms with Gasteiger partial charge in [0.25, 0.3) is 5.91 Å². The Morgan fingerprint density at radius 1 is 0.960 bits per heavy atom. The van der Waals surface area contributed by atoms with Crippen LogP contribution in [0.2, 0.25) is 0 Å². The summed E-state index contributed by atoms with van der Waals surface area (Å²) in [5, 5.41) is 14.0. The predicted molar refractivity (Wildman–Crippen MR) is 98.8 cm³/mol. The molecule has 2 aromatic carbocycles. The summed E-state index contributed by atoms with van der Waals surface area (Å²) in [5.41, 5.74) is 1.83. The number of carbonyl (C=O) groups excluding carboxylic acids is 1. The van der Waals surface area contributed by atoms with Crippen LogP contribution in [0.4, 0.5) is 5.13 Å². The lowest BCUT2D eigenvalue weighted by atomic mass is 10.1. The fourth-order valence-corrected chi connectivity index (χ4v) is 2.87. The van der Waals surface area contributed by atoms with Gasteiger partial charge in [-0.2, -0.15) is 0 Å². The summed E-state index contributed by atoms with van der Waals surface area (Å²) in [4.78, 5) is 27.8. The number of carboxylic acid groups (broad SMARTS) is 1. The van der Waals surface area contributed by atoms with Crippen LogP contribution in [-0.2, 0) is 0 Å². The highest BCUT2D eigenvalue weighted by Crippen LogP contribution is 2.19. The van der Waals surface area contributed by atoms with Gasteiger partial charge in [0, 0.05) is 5.38 Å². The van der Waals surface area contributed by atoms with E-state index in [1.54, 1.807) is 12.1 Å². The summed E-state index contributed by atoms with van der Waals surface area (Å²) in [5.74, 6) is -1.64. The summed E-state index contributed by atoms with van der Waals surface area (Å²) in [6.45, 7) is 0. The molecule has 2 N–H and O–H groups in total. The fourth-order valence-electron chi connectivity index (χ4n) is 2.20. The maximum Gasteiger partial charge on any atom is 0.336 e. The molecule has 0 bridgehead atoms. The zero-order chi connectivity index (χ0) is 17.6. The Morgan fingerprint density at radius 3 is 2.36 bits per heavy atom. The SMILES string of the molecule is O=C(O)c1ccccc1C(=O)Nc1nc(C=Cc2ccccc2)cs1. The maximum atomic E-state index is 12.3. The van der Waals surface area contributed by atoms with E-state index < -0.39 is 11.9 Å². The molecule has 0 aliphatic rings. The number of carbonyl (C=O) groups is 2. The van der Waals surface area contributed by atoms with Gasteiger partial charge in [-0.1, -0.05) is 48.5 Å². The smallest absolute Gasteiger partial charge is 0.336 e. The van der Waals surface area contributed by atoms with Gasteiger partial charge in [0.2, 0.25) is 0 Å². The molecule has 3 rings (SSSR count). The summed E-state index contributed by atoms with van der Waals surface area (Å²) < 4.78 is 0. The third kappa shape index (κ3) is 4.19. The minimum atomic E-state index is -1.14. The van der Waals surface area contributed by atoms with Crippen molar-refractivity contribution in [2.24, 2.45) is 0 Å². The summed E-state index contributed by atoms with van der Waals surface area (Å²) >= 11 is 1.28. The number of benzene rings is 2. The lowest BCUT2D eigenvalue weighted by Crippen LogP contribution is -2.16. The van der Waals surface area contributed by atoms with Crippen molar-refractivity contribution in [2.75, 3.05) is 5.32 Å². The third-order valence-corrected chi connectivity index (χ3v) is 4.17. The number of thiazole rings is 1. The normalized spacial score (nSPS) is 10.7. The lowest BCUT2D eigenvalue weighted by Gasteiger charge is -2.04. The number of nitrogens with zero attached hydrogens (tertiary/aromatic N) is 1. The highest BCUT2D eigenvalue weighted by molar-refractivity contribution is 7.14. The molecular formula is C19H14N2O3S. The van der Waals surface area contributed by atoms with Crippen molar-refractivity contribution >= 4 is 40.5 Å². The van der Waals surface area contributed by atoms with Gasteiger partial charge >= 0.3 is 5.97 Å². The fraction of sp³-hybridized carbons (Fsp3) is 0. The van der Waals surface area contributed by atoms with Crippen LogP contribution in [0.1, 0.15) is 32.0 Å². The number of rotatable bonds is 5. The molecule has 1 amide bonds. The number of nitrogens with one attached hydrogen (secondary N) is 1. The Morgan fingerprint density at radius 2 is 1.64 bits per heavy atom. The largest absolute Gasteiger partial charge is 0.478 e. The molecule has 0 aliphatic carbocycles. The monoisotopic (exact) mass is 350 g/mol. The van der Waals surface area contributed by atoms with Crippen molar-refractivity contribution in [3.8, 4) is 0 Å². The highest BCUT2D eigenvalue weighted by atomic mass is 32.1. The van der Waals surface area contributed by atoms with Crippen molar-refractivity contribution in [1.82, 2.24) is 4.98 Å². The van der Waals surface area contributed by atoms with Crippen LogP contribution >= 0.6 is 11.3 Å². The predicted octanol–water partition coefficient (Wildman–Crippen LogP) is 4.26. The molecule has 1 heterocycles. The van der Waals surface area contributed by atoms with E-state index in [4.69, 9.17) is 5.11 Å².